The van der Waals surface area contributed by atoms with Crippen LogP contribution in [-0.2, 0) is 0 Å². The van der Waals surface area contributed by atoms with Gasteiger partial charge in [0.2, 0.25) is 0 Å². The maximum Gasteiger partial charge on any atom is 0.164 e. The molecule has 0 fully saturated rings. The van der Waals surface area contributed by atoms with Gasteiger partial charge in [-0.25, -0.2) is 15.0 Å². The summed E-state index contributed by atoms with van der Waals surface area (Å²) in [5.74, 6) is 1.84. The second kappa shape index (κ2) is 16.5. The van der Waals surface area contributed by atoms with Crippen LogP contribution in [0.5, 0.6) is 0 Å². The molecule has 10 aromatic rings. The lowest BCUT2D eigenvalue weighted by Crippen LogP contribution is -2.05. The fraction of sp³-hybridized carbons (Fsp3) is 0.0943. The molecule has 3 heterocycles. The summed E-state index contributed by atoms with van der Waals surface area (Å²) < 4.78 is 7.74. The van der Waals surface area contributed by atoms with E-state index in [0.717, 1.165) is 55.5 Å². The van der Waals surface area contributed by atoms with Crippen LogP contribution in [0.25, 0.3) is 77.3 Å². The summed E-state index contributed by atoms with van der Waals surface area (Å²) in [6.07, 6.45) is 0. The van der Waals surface area contributed by atoms with Crippen molar-refractivity contribution in [3.63, 3.8) is 0 Å². The van der Waals surface area contributed by atoms with E-state index in [-0.39, 0.29) is 6.04 Å². The molecule has 0 aliphatic rings. The smallest absolute Gasteiger partial charge is 0.164 e. The Hall–Kier alpha value is -7.02. The molecule has 3 aromatic heterocycles. The van der Waals surface area contributed by atoms with E-state index in [1.54, 1.807) is 0 Å². The Morgan fingerprint density at radius 3 is 1.78 bits per heavy atom. The molecule has 0 amide bonds. The van der Waals surface area contributed by atoms with Gasteiger partial charge in [-0.1, -0.05) is 166 Å². The van der Waals surface area contributed by atoms with Gasteiger partial charge >= 0.3 is 0 Å². The van der Waals surface area contributed by atoms with Crippen molar-refractivity contribution in [1.82, 2.24) is 15.0 Å². The van der Waals surface area contributed by atoms with Crippen molar-refractivity contribution in [3.8, 4) is 45.3 Å². The van der Waals surface area contributed by atoms with E-state index in [1.165, 1.54) is 31.7 Å². The van der Waals surface area contributed by atoms with Gasteiger partial charge < -0.3 is 4.42 Å². The lowest BCUT2D eigenvalue weighted by molar-refractivity contribution is 0.669. The first-order chi connectivity index (χ1) is 29.1. The lowest BCUT2D eigenvalue weighted by atomic mass is 9.95. The summed E-state index contributed by atoms with van der Waals surface area (Å²) in [6, 6.07) is 60.5. The summed E-state index contributed by atoms with van der Waals surface area (Å²) in [5, 5.41) is 3.22. The maximum absolute atomic E-state index is 6.52. The number of benzene rings is 7. The summed E-state index contributed by atoms with van der Waals surface area (Å²) in [5.41, 5.74) is 11.2. The van der Waals surface area contributed by atoms with Gasteiger partial charge in [0.15, 0.2) is 17.5 Å². The van der Waals surface area contributed by atoms with Gasteiger partial charge in [-0.3, -0.25) is 4.99 Å². The highest BCUT2D eigenvalue weighted by molar-refractivity contribution is 7.21. The van der Waals surface area contributed by atoms with Crippen LogP contribution in [-0.4, -0.2) is 20.7 Å². The van der Waals surface area contributed by atoms with Crippen LogP contribution in [0.3, 0.4) is 0 Å². The zero-order chi connectivity index (χ0) is 40.3. The van der Waals surface area contributed by atoms with Gasteiger partial charge in [-0.05, 0) is 60.4 Å². The van der Waals surface area contributed by atoms with Crippen molar-refractivity contribution < 1.29 is 4.42 Å². The third-order valence-electron chi connectivity index (χ3n) is 10.6. The minimum absolute atomic E-state index is 0.00613. The minimum atomic E-state index is -0.00613. The zero-order valence-electron chi connectivity index (χ0n) is 33.4. The van der Waals surface area contributed by atoms with Crippen LogP contribution in [0.15, 0.2) is 185 Å². The molecule has 0 saturated carbocycles. The third-order valence-corrected chi connectivity index (χ3v) is 11.8. The van der Waals surface area contributed by atoms with Gasteiger partial charge in [0, 0.05) is 43.1 Å². The Balaban J connectivity index is 0.00000221. The maximum atomic E-state index is 6.52. The first-order valence-corrected chi connectivity index (χ1v) is 20.9. The van der Waals surface area contributed by atoms with Crippen molar-refractivity contribution >= 4 is 49.1 Å². The fourth-order valence-corrected chi connectivity index (χ4v) is 8.99. The molecule has 0 saturated heterocycles. The van der Waals surface area contributed by atoms with Crippen LogP contribution in [0.1, 0.15) is 48.4 Å². The van der Waals surface area contributed by atoms with Gasteiger partial charge in [-0.15, -0.1) is 11.3 Å². The number of fused-ring (bicyclic) bond motifs is 4. The Kier molecular flexibility index (Phi) is 10.5. The lowest BCUT2D eigenvalue weighted by Gasteiger charge is -2.12. The average molecular weight is 783 g/mol. The molecule has 0 N–H and O–H groups in total. The number of rotatable bonds is 8. The topological polar surface area (TPSA) is 64.2 Å². The molecule has 7 aromatic carbocycles. The number of furan rings is 1. The van der Waals surface area contributed by atoms with E-state index in [2.05, 4.69) is 117 Å². The van der Waals surface area contributed by atoms with Gasteiger partial charge in [0.1, 0.15) is 11.2 Å². The fourth-order valence-electron chi connectivity index (χ4n) is 7.74. The van der Waals surface area contributed by atoms with E-state index >= 15 is 0 Å². The highest BCUT2D eigenvalue weighted by Crippen LogP contribution is 2.43. The van der Waals surface area contributed by atoms with Crippen LogP contribution in [0, 0.1) is 6.92 Å². The first kappa shape index (κ1) is 37.6. The number of nitrogens with zero attached hydrogens (tertiary/aromatic N) is 4. The molecule has 0 radical (unpaired) electrons. The highest BCUT2D eigenvalue weighted by Gasteiger charge is 2.22. The Bertz CT molecular complexity index is 3020. The van der Waals surface area contributed by atoms with E-state index in [0.29, 0.717) is 17.5 Å². The molecule has 10 rings (SSSR count). The molecule has 1 atom stereocenters. The van der Waals surface area contributed by atoms with Crippen LogP contribution < -0.4 is 0 Å². The second-order valence-corrected chi connectivity index (χ2v) is 15.2. The Morgan fingerprint density at radius 2 is 1.12 bits per heavy atom. The normalized spacial score (nSPS) is 12.1. The van der Waals surface area contributed by atoms with E-state index in [9.17, 15) is 0 Å². The van der Waals surface area contributed by atoms with E-state index < -0.39 is 0 Å². The van der Waals surface area contributed by atoms with Crippen molar-refractivity contribution in [3.05, 3.63) is 197 Å². The number of hydrogen-bond donors (Lipinski definition) is 0. The number of aryl methyl sites for hydroxylation is 1. The average Bonchev–Trinajstić information content (AvgIpc) is 3.86. The minimum Gasteiger partial charge on any atom is -0.456 e. The SMILES string of the molecule is CC.Cc1c(C(=NC(C)c2ccccc2)c2ccccc2)sc2cccc(-c3ccc4oc5cccc(-c6nc(-c7ccccc7)nc(-c7ccccc7)n6)c5c4c3)c12. The molecule has 6 heteroatoms. The monoisotopic (exact) mass is 782 g/mol. The molecule has 0 aliphatic carbocycles. The molecular formula is C53H42N4OS. The summed E-state index contributed by atoms with van der Waals surface area (Å²) in [4.78, 5) is 21.7. The van der Waals surface area contributed by atoms with Crippen molar-refractivity contribution in [1.29, 1.82) is 0 Å². The number of aliphatic imine (C=N–C) groups is 1. The Labute approximate surface area is 348 Å². The number of aromatic nitrogens is 3. The first-order valence-electron chi connectivity index (χ1n) is 20.1. The largest absolute Gasteiger partial charge is 0.456 e. The summed E-state index contributed by atoms with van der Waals surface area (Å²) in [7, 11) is 0. The molecular weight excluding hydrogens is 741 g/mol. The quantitative estimate of drug-likeness (QED) is 0.144. The van der Waals surface area contributed by atoms with Gasteiger partial charge in [0.05, 0.1) is 16.6 Å². The second-order valence-electron chi connectivity index (χ2n) is 14.2. The van der Waals surface area contributed by atoms with Gasteiger partial charge in [-0.2, -0.15) is 0 Å². The number of thiophene rings is 1. The van der Waals surface area contributed by atoms with E-state index in [4.69, 9.17) is 24.4 Å². The van der Waals surface area contributed by atoms with Crippen molar-refractivity contribution in [2.24, 2.45) is 4.99 Å². The van der Waals surface area contributed by atoms with Crippen LogP contribution in [0.4, 0.5) is 0 Å². The third kappa shape index (κ3) is 7.24. The highest BCUT2D eigenvalue weighted by atomic mass is 32.1. The summed E-state index contributed by atoms with van der Waals surface area (Å²) in [6.45, 7) is 8.41. The zero-order valence-corrected chi connectivity index (χ0v) is 34.2. The molecule has 1 unspecified atom stereocenters. The predicted molar refractivity (Wildman–Crippen MR) is 247 cm³/mol. The van der Waals surface area contributed by atoms with Crippen LogP contribution >= 0.6 is 11.3 Å². The molecule has 0 spiro atoms. The Morgan fingerprint density at radius 1 is 0.542 bits per heavy atom. The molecule has 0 aliphatic heterocycles. The van der Waals surface area contributed by atoms with Crippen molar-refractivity contribution in [2.45, 2.75) is 33.7 Å². The standard InChI is InChI=1S/C51H36N4OS.C2H6/c1-32-45-39(25-16-28-44(45)57-48(32)47(35-19-9-4-10-20-35)52-33(2)34-17-7-3-8-18-34)38-29-30-42-41(31-38)46-40(26-15-27-43(46)56-42)51-54-49(36-21-11-5-12-22-36)53-50(55-51)37-23-13-6-14-24-37;1-2/h3-31,33H,1-2H3;1-2H3. The molecule has 59 heavy (non-hydrogen) atoms. The molecule has 0 bridgehead atoms. The van der Waals surface area contributed by atoms with Gasteiger partial charge in [0.25, 0.3) is 0 Å². The molecule has 5 nitrogen and oxygen atoms in total. The van der Waals surface area contributed by atoms with Crippen LogP contribution in [0.2, 0.25) is 0 Å². The molecule has 286 valence electrons. The van der Waals surface area contributed by atoms with E-state index in [1.807, 2.05) is 98.0 Å². The number of hydrogen-bond acceptors (Lipinski definition) is 6. The predicted octanol–water partition coefficient (Wildman–Crippen LogP) is 14.6. The van der Waals surface area contributed by atoms with Crippen molar-refractivity contribution in [2.75, 3.05) is 0 Å². The summed E-state index contributed by atoms with van der Waals surface area (Å²) >= 11 is 1.81.